The minimum atomic E-state index is -3.56. The van der Waals surface area contributed by atoms with E-state index in [0.717, 1.165) is 0 Å². The highest BCUT2D eigenvalue weighted by atomic mass is 35.5. The fraction of sp³-hybridized carbons (Fsp3) is 0.417. The van der Waals surface area contributed by atoms with Crippen LogP contribution in [0.1, 0.15) is 24.2 Å². The number of ketones is 1. The number of benzene rings is 1. The topological polar surface area (TPSA) is 75.3 Å². The lowest BCUT2D eigenvalue weighted by molar-refractivity contribution is 0.101. The van der Waals surface area contributed by atoms with Crippen LogP contribution in [-0.4, -0.2) is 33.8 Å². The number of carbonyl (C=O) groups excluding carboxylic acids is 1. The smallest absolute Gasteiger partial charge is 0.240 e. The number of nitrogens with one attached hydrogen (secondary N) is 2. The molecule has 1 rings (SSSR count). The molecule has 0 heterocycles. The van der Waals surface area contributed by atoms with E-state index >= 15 is 0 Å². The molecule has 19 heavy (non-hydrogen) atoms. The fourth-order valence-corrected chi connectivity index (χ4v) is 2.48. The number of carbonyl (C=O) groups is 1. The SMILES string of the molecule is CNC(C)CNS(=O)(=O)c1cccc(C(C)=O)c1.Cl. The minimum absolute atomic E-state index is 0. The Balaban J connectivity index is 0.00000324. The van der Waals surface area contributed by atoms with Gasteiger partial charge in [0.05, 0.1) is 4.90 Å². The van der Waals surface area contributed by atoms with Crippen LogP contribution in [0.25, 0.3) is 0 Å². The van der Waals surface area contributed by atoms with Crippen LogP contribution in [0.5, 0.6) is 0 Å². The predicted octanol–water partition coefficient (Wildman–Crippen LogP) is 1.20. The normalized spacial score (nSPS) is 12.6. The summed E-state index contributed by atoms with van der Waals surface area (Å²) in [6.45, 7) is 3.57. The lowest BCUT2D eigenvalue weighted by atomic mass is 10.2. The van der Waals surface area contributed by atoms with Gasteiger partial charge in [0, 0.05) is 18.2 Å². The highest BCUT2D eigenvalue weighted by Gasteiger charge is 2.15. The van der Waals surface area contributed by atoms with Crippen LogP contribution in [0.3, 0.4) is 0 Å². The molecule has 0 saturated carbocycles. The van der Waals surface area contributed by atoms with Gasteiger partial charge in [0.25, 0.3) is 0 Å². The van der Waals surface area contributed by atoms with Crippen molar-refractivity contribution in [1.29, 1.82) is 0 Å². The molecule has 0 fully saturated rings. The van der Waals surface area contributed by atoms with Crippen LogP contribution in [0.2, 0.25) is 0 Å². The van der Waals surface area contributed by atoms with Crippen molar-refractivity contribution in [2.45, 2.75) is 24.8 Å². The molecule has 0 amide bonds. The van der Waals surface area contributed by atoms with Crippen LogP contribution >= 0.6 is 12.4 Å². The first kappa shape index (κ1) is 18.0. The standard InChI is InChI=1S/C12H18N2O3S.ClH/c1-9(13-3)8-14-18(16,17)12-6-4-5-11(7-12)10(2)15;/h4-7,9,13-14H,8H2,1-3H3;1H. The second-order valence-electron chi connectivity index (χ2n) is 4.13. The lowest BCUT2D eigenvalue weighted by Gasteiger charge is -2.12. The number of halogens is 1. The number of Topliss-reactive ketones (excluding diaryl/α,β-unsaturated/α-hetero) is 1. The Bertz CT molecular complexity index is 532. The molecule has 1 aromatic carbocycles. The molecule has 5 nitrogen and oxygen atoms in total. The van der Waals surface area contributed by atoms with E-state index in [2.05, 4.69) is 10.0 Å². The third-order valence-corrected chi connectivity index (χ3v) is 4.04. The second-order valence-corrected chi connectivity index (χ2v) is 5.89. The van der Waals surface area contributed by atoms with E-state index in [1.54, 1.807) is 19.2 Å². The van der Waals surface area contributed by atoms with Crippen LogP contribution in [-0.2, 0) is 10.0 Å². The molecule has 0 aliphatic carbocycles. The van der Waals surface area contributed by atoms with Crippen molar-refractivity contribution < 1.29 is 13.2 Å². The van der Waals surface area contributed by atoms with Gasteiger partial charge in [0.2, 0.25) is 10.0 Å². The van der Waals surface area contributed by atoms with Gasteiger partial charge in [-0.1, -0.05) is 12.1 Å². The Hall–Kier alpha value is -0.950. The fourth-order valence-electron chi connectivity index (χ4n) is 1.30. The molecular formula is C12H19ClN2O3S. The van der Waals surface area contributed by atoms with Gasteiger partial charge >= 0.3 is 0 Å². The highest BCUT2D eigenvalue weighted by Crippen LogP contribution is 2.11. The van der Waals surface area contributed by atoms with Crippen molar-refractivity contribution in [3.63, 3.8) is 0 Å². The van der Waals surface area contributed by atoms with Crippen LogP contribution in [0, 0.1) is 0 Å². The molecule has 108 valence electrons. The Morgan fingerprint density at radius 2 is 2.00 bits per heavy atom. The summed E-state index contributed by atoms with van der Waals surface area (Å²) in [6, 6.07) is 6.05. The minimum Gasteiger partial charge on any atom is -0.316 e. The number of likely N-dealkylation sites (N-methyl/N-ethyl adjacent to an activating group) is 1. The van der Waals surface area contributed by atoms with E-state index in [0.29, 0.717) is 12.1 Å². The van der Waals surface area contributed by atoms with E-state index in [-0.39, 0.29) is 29.1 Å². The first-order valence-electron chi connectivity index (χ1n) is 5.64. The van der Waals surface area contributed by atoms with Gasteiger partial charge in [-0.15, -0.1) is 12.4 Å². The van der Waals surface area contributed by atoms with Crippen molar-refractivity contribution in [2.75, 3.05) is 13.6 Å². The predicted molar refractivity (Wildman–Crippen MR) is 77.4 cm³/mol. The summed E-state index contributed by atoms with van der Waals surface area (Å²) in [4.78, 5) is 11.3. The van der Waals surface area contributed by atoms with E-state index in [4.69, 9.17) is 0 Å². The highest BCUT2D eigenvalue weighted by molar-refractivity contribution is 7.89. The van der Waals surface area contributed by atoms with Crippen molar-refractivity contribution in [1.82, 2.24) is 10.0 Å². The number of hydrogen-bond donors (Lipinski definition) is 2. The van der Waals surface area contributed by atoms with Gasteiger partial charge in [0.1, 0.15) is 0 Å². The Kier molecular flexibility index (Phi) is 7.21. The third-order valence-electron chi connectivity index (χ3n) is 2.62. The summed E-state index contributed by atoms with van der Waals surface area (Å²) in [6.07, 6.45) is 0. The van der Waals surface area contributed by atoms with Crippen molar-refractivity contribution in [3.05, 3.63) is 29.8 Å². The maximum atomic E-state index is 12.0. The molecule has 0 aliphatic heterocycles. The molecule has 0 aromatic heterocycles. The third kappa shape index (κ3) is 5.28. The molecule has 1 unspecified atom stereocenters. The van der Waals surface area contributed by atoms with E-state index in [1.165, 1.54) is 19.1 Å². The van der Waals surface area contributed by atoms with Crippen molar-refractivity contribution in [3.8, 4) is 0 Å². The molecule has 0 radical (unpaired) electrons. The summed E-state index contributed by atoms with van der Waals surface area (Å²) >= 11 is 0. The molecular weight excluding hydrogens is 288 g/mol. The second kappa shape index (κ2) is 7.59. The average molecular weight is 307 g/mol. The summed E-state index contributed by atoms with van der Waals surface area (Å²) in [5.41, 5.74) is 0.388. The van der Waals surface area contributed by atoms with Gasteiger partial charge in [-0.2, -0.15) is 0 Å². The van der Waals surface area contributed by atoms with Crippen LogP contribution < -0.4 is 10.0 Å². The van der Waals surface area contributed by atoms with Crippen LogP contribution in [0.15, 0.2) is 29.2 Å². The molecule has 7 heteroatoms. The van der Waals surface area contributed by atoms with E-state index < -0.39 is 10.0 Å². The molecule has 2 N–H and O–H groups in total. The average Bonchev–Trinajstić information content (AvgIpc) is 2.36. The Morgan fingerprint density at radius 1 is 1.37 bits per heavy atom. The Morgan fingerprint density at radius 3 is 2.53 bits per heavy atom. The van der Waals surface area contributed by atoms with Gasteiger partial charge in [0.15, 0.2) is 5.78 Å². The zero-order valence-electron chi connectivity index (χ0n) is 11.1. The van der Waals surface area contributed by atoms with Gasteiger partial charge in [-0.3, -0.25) is 4.79 Å². The summed E-state index contributed by atoms with van der Waals surface area (Å²) < 4.78 is 26.4. The van der Waals surface area contributed by atoms with E-state index in [9.17, 15) is 13.2 Å². The monoisotopic (exact) mass is 306 g/mol. The molecule has 0 saturated heterocycles. The number of sulfonamides is 1. The molecule has 1 aromatic rings. The quantitative estimate of drug-likeness (QED) is 0.774. The zero-order valence-corrected chi connectivity index (χ0v) is 12.8. The van der Waals surface area contributed by atoms with Gasteiger partial charge < -0.3 is 5.32 Å². The van der Waals surface area contributed by atoms with Crippen LogP contribution in [0.4, 0.5) is 0 Å². The van der Waals surface area contributed by atoms with Crippen molar-refractivity contribution >= 4 is 28.2 Å². The maximum Gasteiger partial charge on any atom is 0.240 e. The molecule has 1 atom stereocenters. The first-order valence-corrected chi connectivity index (χ1v) is 7.13. The molecule has 0 bridgehead atoms. The maximum absolute atomic E-state index is 12.0. The number of rotatable bonds is 6. The largest absolute Gasteiger partial charge is 0.316 e. The first-order chi connectivity index (χ1) is 8.36. The summed E-state index contributed by atoms with van der Waals surface area (Å²) in [5, 5.41) is 2.94. The van der Waals surface area contributed by atoms with Crippen molar-refractivity contribution in [2.24, 2.45) is 0 Å². The van der Waals surface area contributed by atoms with Gasteiger partial charge in [-0.05, 0) is 33.0 Å². The molecule has 0 aliphatic rings. The summed E-state index contributed by atoms with van der Waals surface area (Å²) in [7, 11) is -1.80. The number of hydrogen-bond acceptors (Lipinski definition) is 4. The van der Waals surface area contributed by atoms with E-state index in [1.807, 2.05) is 6.92 Å². The lowest BCUT2D eigenvalue weighted by Crippen LogP contribution is -2.37. The zero-order chi connectivity index (χ0) is 13.8. The molecule has 0 spiro atoms. The summed E-state index contributed by atoms with van der Waals surface area (Å²) in [5.74, 6) is -0.157. The Labute approximate surface area is 120 Å². The van der Waals surface area contributed by atoms with Gasteiger partial charge in [-0.25, -0.2) is 13.1 Å².